The molecule has 0 saturated carbocycles. The summed E-state index contributed by atoms with van der Waals surface area (Å²) in [5.74, 6) is 0. The third kappa shape index (κ3) is 4.80. The maximum atomic E-state index is 11.8. The van der Waals surface area contributed by atoms with Gasteiger partial charge in [0.15, 0.2) is 0 Å². The lowest BCUT2D eigenvalue weighted by atomic mass is 10.1. The first kappa shape index (κ1) is 14.1. The minimum absolute atomic E-state index is 0.253. The summed E-state index contributed by atoms with van der Waals surface area (Å²) in [6.07, 6.45) is 0. The van der Waals surface area contributed by atoms with E-state index in [4.69, 9.17) is 17.3 Å². The number of halogens is 1. The molecule has 0 amide bonds. The smallest absolute Gasteiger partial charge is 0.299 e. The number of nitrogens with one attached hydrogen (secondary N) is 2. The monoisotopic (exact) mass is 277 g/mol. The van der Waals surface area contributed by atoms with Crippen molar-refractivity contribution in [3.63, 3.8) is 0 Å². The molecule has 1 aromatic carbocycles. The van der Waals surface area contributed by atoms with Gasteiger partial charge in [0.1, 0.15) is 0 Å². The lowest BCUT2D eigenvalue weighted by molar-refractivity contribution is 0.494. The Kier molecular flexibility index (Phi) is 3.91. The normalized spacial score (nSPS) is 12.5. The van der Waals surface area contributed by atoms with Gasteiger partial charge in [0.05, 0.1) is 10.7 Å². The van der Waals surface area contributed by atoms with Crippen LogP contribution in [0.1, 0.15) is 20.8 Å². The van der Waals surface area contributed by atoms with Crippen LogP contribution in [0.4, 0.5) is 11.4 Å². The molecule has 0 spiro atoms. The van der Waals surface area contributed by atoms with Gasteiger partial charge in [-0.1, -0.05) is 11.6 Å². The van der Waals surface area contributed by atoms with Crippen LogP contribution in [0.15, 0.2) is 18.2 Å². The Labute approximate surface area is 107 Å². The van der Waals surface area contributed by atoms with Crippen molar-refractivity contribution in [1.82, 2.24) is 4.72 Å². The van der Waals surface area contributed by atoms with Crippen LogP contribution < -0.4 is 15.2 Å². The molecule has 5 nitrogen and oxygen atoms in total. The third-order valence-corrected chi connectivity index (χ3v) is 3.37. The molecule has 0 heterocycles. The van der Waals surface area contributed by atoms with Crippen molar-refractivity contribution >= 4 is 33.2 Å². The van der Waals surface area contributed by atoms with Crippen molar-refractivity contribution in [3.05, 3.63) is 23.2 Å². The molecule has 4 N–H and O–H groups in total. The fourth-order valence-corrected chi connectivity index (χ4v) is 2.73. The van der Waals surface area contributed by atoms with Crippen LogP contribution in [0, 0.1) is 0 Å². The Balaban J connectivity index is 2.94. The number of hydrogen-bond acceptors (Lipinski definition) is 3. The summed E-state index contributed by atoms with van der Waals surface area (Å²) in [6, 6.07) is 4.59. The molecule has 7 heteroatoms. The van der Waals surface area contributed by atoms with Gasteiger partial charge in [-0.05, 0) is 39.0 Å². The van der Waals surface area contributed by atoms with E-state index in [-0.39, 0.29) is 5.69 Å². The number of nitrogens with two attached hydrogens (primary N) is 1. The molecule has 1 rings (SSSR count). The van der Waals surface area contributed by atoms with Crippen LogP contribution in [0.2, 0.25) is 5.02 Å². The highest BCUT2D eigenvalue weighted by Gasteiger charge is 2.20. The zero-order valence-electron chi connectivity index (χ0n) is 9.91. The van der Waals surface area contributed by atoms with Gasteiger partial charge in [-0.2, -0.15) is 13.1 Å². The summed E-state index contributed by atoms with van der Waals surface area (Å²) in [5, 5.41) is 0.290. The second-order valence-electron chi connectivity index (χ2n) is 4.70. The summed E-state index contributed by atoms with van der Waals surface area (Å²) in [4.78, 5) is 0. The van der Waals surface area contributed by atoms with Gasteiger partial charge in [-0.3, -0.25) is 4.72 Å². The van der Waals surface area contributed by atoms with Gasteiger partial charge < -0.3 is 5.73 Å². The van der Waals surface area contributed by atoms with Gasteiger partial charge in [0, 0.05) is 11.2 Å². The first-order chi connectivity index (χ1) is 7.59. The van der Waals surface area contributed by atoms with Crippen molar-refractivity contribution < 1.29 is 8.42 Å². The molecular formula is C10H16ClN3O2S. The van der Waals surface area contributed by atoms with E-state index < -0.39 is 15.7 Å². The van der Waals surface area contributed by atoms with Gasteiger partial charge in [0.2, 0.25) is 0 Å². The molecule has 0 saturated heterocycles. The average molecular weight is 278 g/mol. The van der Waals surface area contributed by atoms with Gasteiger partial charge in [-0.25, -0.2) is 0 Å². The van der Waals surface area contributed by atoms with Crippen LogP contribution in [-0.4, -0.2) is 14.0 Å². The van der Waals surface area contributed by atoms with Crippen molar-refractivity contribution in [1.29, 1.82) is 0 Å². The maximum absolute atomic E-state index is 11.8. The fraction of sp³-hybridized carbons (Fsp3) is 0.400. The van der Waals surface area contributed by atoms with Crippen LogP contribution in [0.25, 0.3) is 0 Å². The standard InChI is InChI=1S/C10H16ClN3O2S/c1-10(2,3)14-17(15,16)13-9-6-7(12)4-5-8(9)11/h4-6,13-14H,12H2,1-3H3. The molecule has 0 aliphatic carbocycles. The van der Waals surface area contributed by atoms with Gasteiger partial charge in [0.25, 0.3) is 10.2 Å². The summed E-state index contributed by atoms with van der Waals surface area (Å²) in [5.41, 5.74) is 5.68. The summed E-state index contributed by atoms with van der Waals surface area (Å²) >= 11 is 5.86. The lowest BCUT2D eigenvalue weighted by Crippen LogP contribution is -2.43. The Morgan fingerprint density at radius 2 is 1.88 bits per heavy atom. The quantitative estimate of drug-likeness (QED) is 0.739. The molecule has 0 aliphatic heterocycles. The van der Waals surface area contributed by atoms with E-state index in [1.165, 1.54) is 12.1 Å². The highest BCUT2D eigenvalue weighted by atomic mass is 35.5. The Morgan fingerprint density at radius 1 is 1.29 bits per heavy atom. The van der Waals surface area contributed by atoms with Gasteiger partial charge in [-0.15, -0.1) is 0 Å². The molecule has 0 radical (unpaired) electrons. The molecule has 96 valence electrons. The minimum Gasteiger partial charge on any atom is -0.399 e. The van der Waals surface area contributed by atoms with E-state index in [2.05, 4.69) is 9.44 Å². The van der Waals surface area contributed by atoms with Crippen molar-refractivity contribution in [3.8, 4) is 0 Å². The highest BCUT2D eigenvalue weighted by molar-refractivity contribution is 7.90. The van der Waals surface area contributed by atoms with E-state index >= 15 is 0 Å². The van der Waals surface area contributed by atoms with E-state index in [1.54, 1.807) is 26.8 Å². The van der Waals surface area contributed by atoms with E-state index in [1.807, 2.05) is 0 Å². The fourth-order valence-electron chi connectivity index (χ4n) is 1.19. The second-order valence-corrected chi connectivity index (χ2v) is 6.52. The molecule has 0 bridgehead atoms. The first-order valence-corrected chi connectivity index (χ1v) is 6.82. The molecule has 0 aromatic heterocycles. The Hall–Kier alpha value is -0.980. The summed E-state index contributed by atoms with van der Waals surface area (Å²) in [7, 11) is -3.67. The Morgan fingerprint density at radius 3 is 2.41 bits per heavy atom. The number of benzene rings is 1. The van der Waals surface area contributed by atoms with E-state index in [0.29, 0.717) is 10.7 Å². The Bertz CT molecular complexity index is 509. The highest BCUT2D eigenvalue weighted by Crippen LogP contribution is 2.24. The van der Waals surface area contributed by atoms with Crippen LogP contribution in [0.3, 0.4) is 0 Å². The number of hydrogen-bond donors (Lipinski definition) is 3. The molecule has 1 aromatic rings. The maximum Gasteiger partial charge on any atom is 0.299 e. The topological polar surface area (TPSA) is 84.2 Å². The SMILES string of the molecule is CC(C)(C)NS(=O)(=O)Nc1cc(N)ccc1Cl. The molecule has 0 atom stereocenters. The zero-order chi connectivity index (χ0) is 13.3. The molecule has 0 fully saturated rings. The number of nitrogen functional groups attached to an aromatic ring is 1. The third-order valence-electron chi connectivity index (χ3n) is 1.68. The summed E-state index contributed by atoms with van der Waals surface area (Å²) in [6.45, 7) is 5.23. The number of rotatable bonds is 3. The summed E-state index contributed by atoms with van der Waals surface area (Å²) < 4.78 is 28.3. The predicted molar refractivity (Wildman–Crippen MR) is 71.3 cm³/mol. The average Bonchev–Trinajstić information content (AvgIpc) is 2.06. The second kappa shape index (κ2) is 4.72. The van der Waals surface area contributed by atoms with Crippen molar-refractivity contribution in [2.75, 3.05) is 10.5 Å². The predicted octanol–water partition coefficient (Wildman–Crippen LogP) is 1.97. The number of anilines is 2. The molecular weight excluding hydrogens is 262 g/mol. The first-order valence-electron chi connectivity index (χ1n) is 4.96. The zero-order valence-corrected chi connectivity index (χ0v) is 11.5. The lowest BCUT2D eigenvalue weighted by Gasteiger charge is -2.21. The minimum atomic E-state index is -3.67. The van der Waals surface area contributed by atoms with E-state index in [0.717, 1.165) is 0 Å². The van der Waals surface area contributed by atoms with Crippen molar-refractivity contribution in [2.45, 2.75) is 26.3 Å². The van der Waals surface area contributed by atoms with Crippen LogP contribution in [0.5, 0.6) is 0 Å². The van der Waals surface area contributed by atoms with E-state index in [9.17, 15) is 8.42 Å². The van der Waals surface area contributed by atoms with Crippen molar-refractivity contribution in [2.24, 2.45) is 0 Å². The van der Waals surface area contributed by atoms with Crippen LogP contribution in [-0.2, 0) is 10.2 Å². The van der Waals surface area contributed by atoms with Crippen LogP contribution >= 0.6 is 11.6 Å². The molecule has 0 unspecified atom stereocenters. The largest absolute Gasteiger partial charge is 0.399 e. The van der Waals surface area contributed by atoms with Gasteiger partial charge >= 0.3 is 0 Å². The molecule has 0 aliphatic rings. The molecule has 17 heavy (non-hydrogen) atoms.